The van der Waals surface area contributed by atoms with Gasteiger partial charge in [-0.2, -0.15) is 0 Å². The average molecular weight is 342 g/mol. The molecule has 26 heavy (non-hydrogen) atoms. The molecule has 4 aromatic heterocycles. The number of hydrogen-bond acceptors (Lipinski definition) is 5. The van der Waals surface area contributed by atoms with Crippen LogP contribution in [0.2, 0.25) is 0 Å². The molecule has 0 saturated heterocycles. The summed E-state index contributed by atoms with van der Waals surface area (Å²) < 4.78 is 2.19. The fraction of sp³-hybridized carbons (Fsp3) is 0.200. The molecule has 4 aromatic rings. The highest BCUT2D eigenvalue weighted by atomic mass is 15.2. The van der Waals surface area contributed by atoms with Gasteiger partial charge in [-0.25, -0.2) is 15.0 Å². The van der Waals surface area contributed by atoms with Crippen LogP contribution in [0.25, 0.3) is 22.3 Å². The first-order valence-electron chi connectivity index (χ1n) is 8.75. The van der Waals surface area contributed by atoms with Crippen molar-refractivity contribution >= 4 is 22.8 Å². The van der Waals surface area contributed by atoms with Gasteiger partial charge in [0.2, 0.25) is 0 Å². The lowest BCUT2D eigenvalue weighted by molar-refractivity contribution is 0.757. The van der Waals surface area contributed by atoms with Gasteiger partial charge in [-0.05, 0) is 61.2 Å². The summed E-state index contributed by atoms with van der Waals surface area (Å²) >= 11 is 0. The predicted octanol–water partition coefficient (Wildman–Crippen LogP) is 4.28. The summed E-state index contributed by atoms with van der Waals surface area (Å²) in [5.41, 5.74) is 5.20. The maximum absolute atomic E-state index is 4.77. The summed E-state index contributed by atoms with van der Waals surface area (Å²) in [6, 6.07) is 10.5. The molecule has 5 rings (SSSR count). The highest BCUT2D eigenvalue weighted by Crippen LogP contribution is 2.37. The Balaban J connectivity index is 1.45. The number of rotatable bonds is 4. The van der Waals surface area contributed by atoms with E-state index in [1.807, 2.05) is 42.9 Å². The Hall–Kier alpha value is -3.28. The largest absolute Gasteiger partial charge is 0.325 e. The highest BCUT2D eigenvalue weighted by molar-refractivity contribution is 5.78. The Morgan fingerprint density at radius 3 is 2.58 bits per heavy atom. The molecule has 6 nitrogen and oxygen atoms in total. The number of fused-ring (bicyclic) bond motifs is 1. The molecule has 1 fully saturated rings. The number of nitrogens with zero attached hydrogens (tertiary/aromatic N) is 5. The van der Waals surface area contributed by atoms with E-state index in [0.717, 1.165) is 39.5 Å². The molecule has 1 N–H and O–H groups in total. The number of aromatic nitrogens is 5. The van der Waals surface area contributed by atoms with Crippen LogP contribution in [0.15, 0.2) is 55.2 Å². The van der Waals surface area contributed by atoms with Crippen LogP contribution in [0.3, 0.4) is 0 Å². The second-order valence-electron chi connectivity index (χ2n) is 6.67. The second kappa shape index (κ2) is 5.91. The lowest BCUT2D eigenvalue weighted by Crippen LogP contribution is -2.00. The van der Waals surface area contributed by atoms with Gasteiger partial charge in [0.1, 0.15) is 17.2 Å². The van der Waals surface area contributed by atoms with Crippen LogP contribution in [0.4, 0.5) is 11.6 Å². The van der Waals surface area contributed by atoms with E-state index in [2.05, 4.69) is 31.8 Å². The van der Waals surface area contributed by atoms with Crippen molar-refractivity contribution in [2.24, 2.45) is 0 Å². The van der Waals surface area contributed by atoms with Crippen LogP contribution in [0, 0.1) is 6.92 Å². The van der Waals surface area contributed by atoms with E-state index in [4.69, 9.17) is 4.98 Å². The van der Waals surface area contributed by atoms with Gasteiger partial charge in [0.15, 0.2) is 5.65 Å². The van der Waals surface area contributed by atoms with Gasteiger partial charge in [-0.15, -0.1) is 0 Å². The van der Waals surface area contributed by atoms with Crippen molar-refractivity contribution in [2.75, 3.05) is 5.32 Å². The third kappa shape index (κ3) is 2.69. The minimum absolute atomic E-state index is 0.555. The zero-order valence-electron chi connectivity index (χ0n) is 14.4. The summed E-state index contributed by atoms with van der Waals surface area (Å²) in [4.78, 5) is 17.9. The van der Waals surface area contributed by atoms with Gasteiger partial charge in [0, 0.05) is 30.2 Å². The van der Waals surface area contributed by atoms with E-state index in [0.29, 0.717) is 6.04 Å². The number of anilines is 2. The summed E-state index contributed by atoms with van der Waals surface area (Å²) in [5.74, 6) is 1.56. The van der Waals surface area contributed by atoms with Crippen molar-refractivity contribution in [2.45, 2.75) is 25.8 Å². The molecule has 1 aliphatic carbocycles. The Morgan fingerprint density at radius 1 is 1.00 bits per heavy atom. The molecule has 0 spiro atoms. The lowest BCUT2D eigenvalue weighted by Gasteiger charge is -2.08. The Morgan fingerprint density at radius 2 is 1.85 bits per heavy atom. The van der Waals surface area contributed by atoms with Gasteiger partial charge in [-0.3, -0.25) is 4.98 Å². The van der Waals surface area contributed by atoms with Crippen LogP contribution >= 0.6 is 0 Å². The summed E-state index contributed by atoms with van der Waals surface area (Å²) in [5, 5.41) is 3.32. The Bertz CT molecular complexity index is 1060. The molecule has 0 aromatic carbocycles. The maximum atomic E-state index is 4.77. The molecule has 4 heterocycles. The van der Waals surface area contributed by atoms with Crippen molar-refractivity contribution in [3.63, 3.8) is 0 Å². The van der Waals surface area contributed by atoms with Gasteiger partial charge in [0.25, 0.3) is 0 Å². The van der Waals surface area contributed by atoms with E-state index < -0.39 is 0 Å². The van der Waals surface area contributed by atoms with Gasteiger partial charge >= 0.3 is 0 Å². The molecule has 1 saturated carbocycles. The lowest BCUT2D eigenvalue weighted by atomic mass is 10.1. The normalized spacial score (nSPS) is 13.9. The topological polar surface area (TPSA) is 68.5 Å². The zero-order valence-corrected chi connectivity index (χ0v) is 14.4. The van der Waals surface area contributed by atoms with Crippen molar-refractivity contribution in [1.82, 2.24) is 24.5 Å². The minimum atomic E-state index is 0.555. The smallest absolute Gasteiger partial charge is 0.162 e. The third-order valence-corrected chi connectivity index (χ3v) is 4.69. The first-order valence-corrected chi connectivity index (χ1v) is 8.75. The van der Waals surface area contributed by atoms with E-state index in [9.17, 15) is 0 Å². The average Bonchev–Trinajstić information content (AvgIpc) is 3.42. The SMILES string of the molecule is Cc1cc(Nc2ccc(-c3ccncc3)cn2)nc2c1ncn2C1CC1. The van der Waals surface area contributed by atoms with Gasteiger partial charge in [0.05, 0.1) is 6.33 Å². The molecule has 128 valence electrons. The highest BCUT2D eigenvalue weighted by Gasteiger charge is 2.26. The van der Waals surface area contributed by atoms with Crippen molar-refractivity contribution in [3.05, 3.63) is 60.8 Å². The third-order valence-electron chi connectivity index (χ3n) is 4.69. The van der Waals surface area contributed by atoms with Crippen molar-refractivity contribution in [1.29, 1.82) is 0 Å². The molecule has 0 aliphatic heterocycles. The molecule has 0 unspecified atom stereocenters. The van der Waals surface area contributed by atoms with Crippen LogP contribution < -0.4 is 5.32 Å². The monoisotopic (exact) mass is 342 g/mol. The number of hydrogen-bond donors (Lipinski definition) is 1. The number of imidazole rings is 1. The standard InChI is InChI=1S/C20H18N6/c1-13-10-18(25-20-19(13)23-12-26(20)16-3-4-16)24-17-5-2-15(11-22-17)14-6-8-21-9-7-14/h2,5-12,16H,3-4H2,1H3,(H,22,24,25). The first-order chi connectivity index (χ1) is 12.8. The van der Waals surface area contributed by atoms with Crippen LogP contribution in [-0.4, -0.2) is 24.5 Å². The predicted molar refractivity (Wildman–Crippen MR) is 101 cm³/mol. The maximum Gasteiger partial charge on any atom is 0.162 e. The van der Waals surface area contributed by atoms with Gasteiger partial charge in [-0.1, -0.05) is 0 Å². The minimum Gasteiger partial charge on any atom is -0.325 e. The summed E-state index contributed by atoms with van der Waals surface area (Å²) in [6.07, 6.45) is 9.76. The quantitative estimate of drug-likeness (QED) is 0.600. The van der Waals surface area contributed by atoms with Crippen LogP contribution in [0.1, 0.15) is 24.4 Å². The Labute approximate surface area is 151 Å². The van der Waals surface area contributed by atoms with E-state index >= 15 is 0 Å². The molecular weight excluding hydrogens is 324 g/mol. The van der Waals surface area contributed by atoms with Crippen LogP contribution in [-0.2, 0) is 0 Å². The summed E-state index contributed by atoms with van der Waals surface area (Å²) in [6.45, 7) is 2.07. The fourth-order valence-electron chi connectivity index (χ4n) is 3.16. The summed E-state index contributed by atoms with van der Waals surface area (Å²) in [7, 11) is 0. The van der Waals surface area contributed by atoms with Crippen molar-refractivity contribution in [3.8, 4) is 11.1 Å². The number of aryl methyl sites for hydroxylation is 1. The molecular formula is C20H18N6. The van der Waals surface area contributed by atoms with E-state index in [1.165, 1.54) is 12.8 Å². The second-order valence-corrected chi connectivity index (χ2v) is 6.67. The number of nitrogens with one attached hydrogen (secondary N) is 1. The fourth-order valence-corrected chi connectivity index (χ4v) is 3.16. The molecule has 6 heteroatoms. The van der Waals surface area contributed by atoms with Crippen LogP contribution in [0.5, 0.6) is 0 Å². The molecule has 0 atom stereocenters. The number of pyridine rings is 3. The molecule has 0 radical (unpaired) electrons. The Kier molecular flexibility index (Phi) is 3.41. The first kappa shape index (κ1) is 15.0. The molecule has 0 amide bonds. The zero-order chi connectivity index (χ0) is 17.5. The van der Waals surface area contributed by atoms with E-state index in [-0.39, 0.29) is 0 Å². The molecule has 0 bridgehead atoms. The molecule has 1 aliphatic rings. The van der Waals surface area contributed by atoms with Crippen molar-refractivity contribution < 1.29 is 0 Å². The van der Waals surface area contributed by atoms with E-state index in [1.54, 1.807) is 12.4 Å². The van der Waals surface area contributed by atoms with Gasteiger partial charge < -0.3 is 9.88 Å².